The van der Waals surface area contributed by atoms with Crippen molar-refractivity contribution in [3.8, 4) is 0 Å². The zero-order valence-corrected chi connectivity index (χ0v) is 13.0. The fraction of sp³-hybridized carbons (Fsp3) is 0.278. The Morgan fingerprint density at radius 1 is 1.27 bits per heavy atom. The van der Waals surface area contributed by atoms with Gasteiger partial charge in [0.2, 0.25) is 0 Å². The summed E-state index contributed by atoms with van der Waals surface area (Å²) in [6.07, 6.45) is 6.73. The molecular weight excluding hydrogens is 292 g/mol. The van der Waals surface area contributed by atoms with Gasteiger partial charge in [-0.05, 0) is 29.7 Å². The smallest absolute Gasteiger partial charge is 0.125 e. The van der Waals surface area contributed by atoms with Crippen LogP contribution in [0.1, 0.15) is 12.0 Å². The number of aliphatic hydroxyl groups is 1. The van der Waals surface area contributed by atoms with Crippen molar-refractivity contribution in [2.24, 2.45) is 5.92 Å². The Hall–Kier alpha value is -2.07. The lowest BCUT2D eigenvalue weighted by molar-refractivity contribution is 0.404. The van der Waals surface area contributed by atoms with Gasteiger partial charge < -0.3 is 15.3 Å². The summed E-state index contributed by atoms with van der Waals surface area (Å²) in [4.78, 5) is 3.17. The van der Waals surface area contributed by atoms with Crippen LogP contribution in [0.15, 0.2) is 65.6 Å². The molecule has 2 atom stereocenters. The van der Waals surface area contributed by atoms with Gasteiger partial charge in [0.15, 0.2) is 0 Å². The van der Waals surface area contributed by atoms with Crippen molar-refractivity contribution >= 4 is 17.2 Å². The Morgan fingerprint density at radius 3 is 2.91 bits per heavy atom. The van der Waals surface area contributed by atoms with E-state index in [4.69, 9.17) is 12.2 Å². The van der Waals surface area contributed by atoms with Gasteiger partial charge >= 0.3 is 0 Å². The van der Waals surface area contributed by atoms with Crippen molar-refractivity contribution in [3.05, 3.63) is 71.2 Å². The molecule has 2 aliphatic heterocycles. The molecule has 3 aliphatic rings. The van der Waals surface area contributed by atoms with Crippen LogP contribution in [0.4, 0.5) is 0 Å². The van der Waals surface area contributed by atoms with E-state index >= 15 is 0 Å². The number of fused-ring (bicyclic) bond motifs is 2. The number of nitrogens with zero attached hydrogens (tertiary/aromatic N) is 1. The van der Waals surface area contributed by atoms with Crippen LogP contribution in [0.25, 0.3) is 0 Å². The highest BCUT2D eigenvalue weighted by Crippen LogP contribution is 2.37. The molecule has 4 rings (SSSR count). The molecule has 0 spiro atoms. The van der Waals surface area contributed by atoms with Crippen molar-refractivity contribution in [2.75, 3.05) is 6.54 Å². The van der Waals surface area contributed by atoms with Crippen molar-refractivity contribution in [1.82, 2.24) is 10.2 Å². The zero-order valence-electron chi connectivity index (χ0n) is 12.2. The van der Waals surface area contributed by atoms with Gasteiger partial charge in [-0.15, -0.1) is 0 Å². The van der Waals surface area contributed by atoms with Gasteiger partial charge in [-0.1, -0.05) is 48.6 Å². The van der Waals surface area contributed by atoms with Gasteiger partial charge in [0, 0.05) is 19.0 Å². The molecule has 0 aromatic heterocycles. The largest absolute Gasteiger partial charge is 0.508 e. The third kappa shape index (κ3) is 2.24. The van der Waals surface area contributed by atoms with Crippen LogP contribution in [-0.2, 0) is 6.54 Å². The average molecular weight is 310 g/mol. The lowest BCUT2D eigenvalue weighted by atomic mass is 9.87. The maximum absolute atomic E-state index is 9.74. The maximum Gasteiger partial charge on any atom is 0.125 e. The third-order valence-electron chi connectivity index (χ3n) is 4.61. The van der Waals surface area contributed by atoms with Crippen molar-refractivity contribution in [3.63, 3.8) is 0 Å². The quantitative estimate of drug-likeness (QED) is 0.823. The van der Waals surface area contributed by atoms with E-state index in [1.165, 1.54) is 11.1 Å². The summed E-state index contributed by atoms with van der Waals surface area (Å²) >= 11 is 5.71. The molecule has 0 saturated heterocycles. The molecule has 0 saturated carbocycles. The number of nitrogens with one attached hydrogen (secondary N) is 1. The molecule has 2 unspecified atom stereocenters. The summed E-state index contributed by atoms with van der Waals surface area (Å²) in [5, 5.41) is 13.3. The molecule has 1 aromatic carbocycles. The molecule has 0 fully saturated rings. The van der Waals surface area contributed by atoms with Gasteiger partial charge in [-0.2, -0.15) is 0 Å². The van der Waals surface area contributed by atoms with Crippen molar-refractivity contribution in [2.45, 2.75) is 19.0 Å². The first-order valence-corrected chi connectivity index (χ1v) is 8.05. The monoisotopic (exact) mass is 310 g/mol. The summed E-state index contributed by atoms with van der Waals surface area (Å²) in [5.74, 6) is 0.603. The zero-order chi connectivity index (χ0) is 15.1. The topological polar surface area (TPSA) is 35.5 Å². The van der Waals surface area contributed by atoms with E-state index in [2.05, 4.69) is 34.5 Å². The van der Waals surface area contributed by atoms with E-state index < -0.39 is 0 Å². The average Bonchev–Trinajstić information content (AvgIpc) is 2.90. The van der Waals surface area contributed by atoms with Crippen LogP contribution < -0.4 is 5.32 Å². The second-order valence-corrected chi connectivity index (χ2v) is 6.40. The molecule has 2 heterocycles. The van der Waals surface area contributed by atoms with Crippen LogP contribution in [0.2, 0.25) is 0 Å². The van der Waals surface area contributed by atoms with Gasteiger partial charge in [0.05, 0.1) is 11.7 Å². The number of thiocarbonyl (C=S) groups is 1. The van der Waals surface area contributed by atoms with Gasteiger partial charge in [0.25, 0.3) is 0 Å². The molecule has 2 N–H and O–H groups in total. The van der Waals surface area contributed by atoms with E-state index in [0.717, 1.165) is 30.2 Å². The van der Waals surface area contributed by atoms with Gasteiger partial charge in [0.1, 0.15) is 10.7 Å². The minimum absolute atomic E-state index is 0.232. The summed E-state index contributed by atoms with van der Waals surface area (Å²) in [5.41, 5.74) is 3.72. The van der Waals surface area contributed by atoms with E-state index in [1.807, 2.05) is 18.2 Å². The Balaban J connectivity index is 1.57. The molecule has 0 bridgehead atoms. The van der Waals surface area contributed by atoms with Gasteiger partial charge in [-0.25, -0.2) is 0 Å². The second-order valence-electron chi connectivity index (χ2n) is 6.01. The van der Waals surface area contributed by atoms with E-state index in [9.17, 15) is 5.11 Å². The van der Waals surface area contributed by atoms with Crippen molar-refractivity contribution in [1.29, 1.82) is 0 Å². The molecule has 3 nitrogen and oxygen atoms in total. The Kier molecular flexibility index (Phi) is 3.26. The van der Waals surface area contributed by atoms with E-state index in [1.54, 1.807) is 6.08 Å². The first kappa shape index (κ1) is 13.6. The second kappa shape index (κ2) is 5.29. The Labute approximate surface area is 135 Å². The number of benzene rings is 1. The number of rotatable bonds is 2. The first-order chi connectivity index (χ1) is 10.7. The van der Waals surface area contributed by atoms with Gasteiger partial charge in [-0.3, -0.25) is 0 Å². The summed E-state index contributed by atoms with van der Waals surface area (Å²) in [6.45, 7) is 1.79. The summed E-state index contributed by atoms with van der Waals surface area (Å²) < 4.78 is 0. The lowest BCUT2D eigenvalue weighted by Gasteiger charge is -2.31. The Morgan fingerprint density at radius 2 is 2.09 bits per heavy atom. The standard InChI is InChI=1S/C18H18N2OS/c21-13-6-7-16-15(10-13)14-8-9-20(18(22)17(14)19-16)11-12-4-2-1-3-5-12/h1-7,10,15-16,19,21H,8-9,11H2. The summed E-state index contributed by atoms with van der Waals surface area (Å²) in [6, 6.07) is 10.7. The highest BCUT2D eigenvalue weighted by molar-refractivity contribution is 7.80. The van der Waals surface area contributed by atoms with Crippen LogP contribution >= 0.6 is 12.2 Å². The number of hydrogen-bond donors (Lipinski definition) is 2. The minimum atomic E-state index is 0.232. The molecular formula is C18H18N2OS. The lowest BCUT2D eigenvalue weighted by Crippen LogP contribution is -2.38. The molecule has 1 aromatic rings. The minimum Gasteiger partial charge on any atom is -0.508 e. The predicted octanol–water partition coefficient (Wildman–Crippen LogP) is 3.07. The maximum atomic E-state index is 9.74. The van der Waals surface area contributed by atoms with Crippen LogP contribution in [-0.4, -0.2) is 27.6 Å². The highest BCUT2D eigenvalue weighted by atomic mass is 32.1. The normalized spacial score (nSPS) is 26.5. The molecule has 0 radical (unpaired) electrons. The molecule has 0 amide bonds. The third-order valence-corrected chi connectivity index (χ3v) is 5.08. The molecule has 1 aliphatic carbocycles. The number of aliphatic hydroxyl groups excluding tert-OH is 1. The summed E-state index contributed by atoms with van der Waals surface area (Å²) in [7, 11) is 0. The molecule has 112 valence electrons. The first-order valence-electron chi connectivity index (χ1n) is 7.64. The van der Waals surface area contributed by atoms with Crippen LogP contribution in [0.5, 0.6) is 0 Å². The number of hydrogen-bond acceptors (Lipinski definition) is 3. The SMILES string of the molecule is OC1=CC2C3=C(NC2C=C1)C(=S)N(Cc1ccccc1)CC3. The Bertz CT molecular complexity index is 705. The van der Waals surface area contributed by atoms with Crippen LogP contribution in [0, 0.1) is 5.92 Å². The van der Waals surface area contributed by atoms with E-state index in [0.29, 0.717) is 5.76 Å². The highest BCUT2D eigenvalue weighted by Gasteiger charge is 2.38. The molecule has 22 heavy (non-hydrogen) atoms. The fourth-order valence-electron chi connectivity index (χ4n) is 3.51. The van der Waals surface area contributed by atoms with E-state index in [-0.39, 0.29) is 12.0 Å². The molecule has 4 heteroatoms. The van der Waals surface area contributed by atoms with Crippen LogP contribution in [0.3, 0.4) is 0 Å². The fourth-order valence-corrected chi connectivity index (χ4v) is 3.85. The number of allylic oxidation sites excluding steroid dienone is 1. The predicted molar refractivity (Wildman–Crippen MR) is 91.4 cm³/mol. The van der Waals surface area contributed by atoms with Crippen molar-refractivity contribution < 1.29 is 5.11 Å².